The Morgan fingerprint density at radius 1 is 1.09 bits per heavy atom. The van der Waals surface area contributed by atoms with E-state index in [9.17, 15) is 15.0 Å². The summed E-state index contributed by atoms with van der Waals surface area (Å²) in [7, 11) is 0. The molecule has 172 valence electrons. The number of rotatable bonds is 6. The van der Waals surface area contributed by atoms with Crippen molar-refractivity contribution in [2.75, 3.05) is 0 Å². The van der Waals surface area contributed by atoms with Crippen molar-refractivity contribution in [2.45, 2.75) is 33.7 Å². The number of aryl methyl sites for hydroxylation is 1. The average molecular weight is 455 g/mol. The molecule has 4 rings (SSSR count). The Bertz CT molecular complexity index is 1450. The van der Waals surface area contributed by atoms with E-state index in [1.165, 1.54) is 0 Å². The van der Waals surface area contributed by atoms with Crippen molar-refractivity contribution in [1.29, 1.82) is 5.41 Å². The topological polar surface area (TPSA) is 112 Å². The van der Waals surface area contributed by atoms with Gasteiger partial charge in [0.2, 0.25) is 0 Å². The molecule has 0 aliphatic carbocycles. The molecule has 34 heavy (non-hydrogen) atoms. The summed E-state index contributed by atoms with van der Waals surface area (Å²) in [5, 5.41) is 27.7. The largest absolute Gasteiger partial charge is 0.512 e. The van der Waals surface area contributed by atoms with Crippen LogP contribution >= 0.6 is 0 Å². The fourth-order valence-electron chi connectivity index (χ4n) is 4.33. The lowest BCUT2D eigenvalue weighted by molar-refractivity contribution is 0.0696. The molecule has 0 amide bonds. The number of aromatic carboxylic acids is 1. The highest BCUT2D eigenvalue weighted by atomic mass is 16.4. The number of fused-ring (bicyclic) bond motifs is 1. The average Bonchev–Trinajstić information content (AvgIpc) is 3.17. The highest BCUT2D eigenvalue weighted by Crippen LogP contribution is 2.35. The number of carbonyl (C=O) groups is 1. The van der Waals surface area contributed by atoms with Gasteiger partial charge in [-0.05, 0) is 63.1 Å². The van der Waals surface area contributed by atoms with Crippen LogP contribution in [0.5, 0.6) is 0 Å². The van der Waals surface area contributed by atoms with Gasteiger partial charge in [-0.25, -0.2) is 4.79 Å². The predicted octanol–water partition coefficient (Wildman–Crippen LogP) is 6.04. The summed E-state index contributed by atoms with van der Waals surface area (Å²) in [5.74, 6) is -0.900. The van der Waals surface area contributed by atoms with Crippen LogP contribution in [0.15, 0.2) is 66.8 Å². The van der Waals surface area contributed by atoms with Gasteiger partial charge in [-0.1, -0.05) is 18.2 Å². The molecule has 0 unspecified atom stereocenters. The molecule has 0 saturated carbocycles. The van der Waals surface area contributed by atoms with E-state index in [1.807, 2.05) is 43.5 Å². The molecule has 0 bridgehead atoms. The van der Waals surface area contributed by atoms with E-state index in [0.717, 1.165) is 27.9 Å². The lowest BCUT2D eigenvalue weighted by Crippen LogP contribution is -2.07. The number of nitrogens with zero attached hydrogens (tertiary/aromatic N) is 3. The van der Waals surface area contributed by atoms with Crippen LogP contribution in [0.3, 0.4) is 0 Å². The van der Waals surface area contributed by atoms with Gasteiger partial charge in [-0.2, -0.15) is 0 Å². The lowest BCUT2D eigenvalue weighted by Gasteiger charge is -2.15. The van der Waals surface area contributed by atoms with Gasteiger partial charge in [-0.15, -0.1) is 0 Å². The zero-order chi connectivity index (χ0) is 24.6. The van der Waals surface area contributed by atoms with E-state index < -0.39 is 5.97 Å². The number of benzene rings is 1. The number of hydrogen-bond acceptors (Lipinski definition) is 5. The van der Waals surface area contributed by atoms with Crippen LogP contribution in [-0.2, 0) is 0 Å². The second-order valence-corrected chi connectivity index (χ2v) is 8.39. The molecule has 3 aromatic heterocycles. The van der Waals surface area contributed by atoms with E-state index in [0.29, 0.717) is 16.7 Å². The first-order valence-electron chi connectivity index (χ1n) is 10.9. The number of hydrogen-bond donors (Lipinski definition) is 3. The number of aliphatic hydroxyl groups is 1. The number of nitrogens with one attached hydrogen (secondary N) is 1. The van der Waals surface area contributed by atoms with E-state index >= 15 is 0 Å². The zero-order valence-electron chi connectivity index (χ0n) is 19.5. The molecule has 7 heteroatoms. The summed E-state index contributed by atoms with van der Waals surface area (Å²) < 4.78 is 2.08. The SMILES string of the molecule is CC(=N)/C(=C(/C)O)c1cnc2c(-c3ccc(C(=O)O)c(C)c3)cn([C@@H](C)c3ccccn3)c2c1. The number of aromatic nitrogens is 3. The maximum atomic E-state index is 11.5. The van der Waals surface area contributed by atoms with Crippen LogP contribution < -0.4 is 0 Å². The fourth-order valence-corrected chi connectivity index (χ4v) is 4.33. The van der Waals surface area contributed by atoms with Gasteiger partial charge in [-0.3, -0.25) is 9.97 Å². The van der Waals surface area contributed by atoms with Gasteiger partial charge in [0.25, 0.3) is 0 Å². The molecule has 0 radical (unpaired) electrons. The Kier molecular flexibility index (Phi) is 6.03. The molecule has 0 aliphatic rings. The monoisotopic (exact) mass is 454 g/mol. The second-order valence-electron chi connectivity index (χ2n) is 8.39. The van der Waals surface area contributed by atoms with Crippen LogP contribution in [-0.4, -0.2) is 36.4 Å². The third-order valence-corrected chi connectivity index (χ3v) is 6.00. The molecule has 3 heterocycles. The molecule has 1 atom stereocenters. The van der Waals surface area contributed by atoms with Crippen molar-refractivity contribution >= 4 is 28.3 Å². The molecular formula is C27H26N4O3. The Hall–Kier alpha value is -4.26. The first kappa shape index (κ1) is 22.9. The first-order valence-corrected chi connectivity index (χ1v) is 10.9. The van der Waals surface area contributed by atoms with Gasteiger partial charge in [0.1, 0.15) is 0 Å². The quantitative estimate of drug-likeness (QED) is 0.243. The Labute approximate surface area is 197 Å². The predicted molar refractivity (Wildman–Crippen MR) is 134 cm³/mol. The number of aliphatic hydroxyl groups excluding tert-OH is 1. The molecule has 1 aromatic carbocycles. The third kappa shape index (κ3) is 4.08. The minimum absolute atomic E-state index is 0.0599. The van der Waals surface area contributed by atoms with Crippen molar-refractivity contribution in [3.8, 4) is 11.1 Å². The standard InChI is InChI=1S/C27H26N4O3/c1-15-11-19(8-9-21(15)27(33)34)22-14-31(17(3)23-7-5-6-10-29-23)24-12-20(13-30-26(22)24)25(16(2)28)18(4)32/h5-14,17,28,32H,1-4H3,(H,33,34)/b25-18+,28-16?/t17-/m0/s1. The van der Waals surface area contributed by atoms with Crippen LogP contribution in [0, 0.1) is 12.3 Å². The number of carboxylic acids is 1. The Balaban J connectivity index is 1.98. The molecule has 0 spiro atoms. The summed E-state index contributed by atoms with van der Waals surface area (Å²) in [6.45, 7) is 7.02. The van der Waals surface area contributed by atoms with E-state index in [4.69, 9.17) is 10.4 Å². The molecule has 0 fully saturated rings. The van der Waals surface area contributed by atoms with Gasteiger partial charge in [0.15, 0.2) is 0 Å². The molecule has 4 aromatic rings. The lowest BCUT2D eigenvalue weighted by atomic mass is 9.99. The summed E-state index contributed by atoms with van der Waals surface area (Å²) >= 11 is 0. The summed E-state index contributed by atoms with van der Waals surface area (Å²) in [6.07, 6.45) is 5.42. The molecular weight excluding hydrogens is 428 g/mol. The highest BCUT2D eigenvalue weighted by molar-refractivity contribution is 6.22. The van der Waals surface area contributed by atoms with Gasteiger partial charge in [0, 0.05) is 41.0 Å². The smallest absolute Gasteiger partial charge is 0.335 e. The minimum Gasteiger partial charge on any atom is -0.512 e. The van der Waals surface area contributed by atoms with Crippen molar-refractivity contribution in [3.05, 3.63) is 89.2 Å². The summed E-state index contributed by atoms with van der Waals surface area (Å²) in [4.78, 5) is 20.7. The second kappa shape index (κ2) is 8.94. The van der Waals surface area contributed by atoms with Crippen molar-refractivity contribution in [2.24, 2.45) is 0 Å². The van der Waals surface area contributed by atoms with Crippen LogP contribution in [0.25, 0.3) is 27.7 Å². The van der Waals surface area contributed by atoms with Crippen molar-refractivity contribution in [1.82, 2.24) is 14.5 Å². The summed E-state index contributed by atoms with van der Waals surface area (Å²) in [5.41, 5.74) is 6.44. The van der Waals surface area contributed by atoms with E-state index in [1.54, 1.807) is 45.3 Å². The minimum atomic E-state index is -0.960. The van der Waals surface area contributed by atoms with Gasteiger partial charge in [0.05, 0.1) is 34.1 Å². The Morgan fingerprint density at radius 3 is 2.44 bits per heavy atom. The normalized spacial score (nSPS) is 12.9. The zero-order valence-corrected chi connectivity index (χ0v) is 19.5. The van der Waals surface area contributed by atoms with Gasteiger partial charge < -0.3 is 20.2 Å². The van der Waals surface area contributed by atoms with Crippen molar-refractivity contribution in [3.63, 3.8) is 0 Å². The number of allylic oxidation sites excluding steroid dienone is 2. The number of pyridine rings is 2. The highest BCUT2D eigenvalue weighted by Gasteiger charge is 2.20. The van der Waals surface area contributed by atoms with E-state index in [2.05, 4.69) is 9.55 Å². The van der Waals surface area contributed by atoms with E-state index in [-0.39, 0.29) is 23.1 Å². The van der Waals surface area contributed by atoms with Crippen LogP contribution in [0.1, 0.15) is 54.0 Å². The maximum absolute atomic E-state index is 11.5. The number of carboxylic acid groups (broad SMARTS) is 1. The van der Waals surface area contributed by atoms with Crippen molar-refractivity contribution < 1.29 is 15.0 Å². The Morgan fingerprint density at radius 2 is 1.85 bits per heavy atom. The molecule has 3 N–H and O–H groups in total. The van der Waals surface area contributed by atoms with Crippen LogP contribution in [0.2, 0.25) is 0 Å². The third-order valence-electron chi connectivity index (χ3n) is 6.00. The van der Waals surface area contributed by atoms with Gasteiger partial charge >= 0.3 is 5.97 Å². The van der Waals surface area contributed by atoms with Crippen LogP contribution in [0.4, 0.5) is 0 Å². The summed E-state index contributed by atoms with van der Waals surface area (Å²) in [6, 6.07) is 12.9. The first-order chi connectivity index (χ1) is 16.2. The fraction of sp³-hybridized carbons (Fsp3) is 0.185. The maximum Gasteiger partial charge on any atom is 0.335 e. The molecule has 0 saturated heterocycles. The molecule has 7 nitrogen and oxygen atoms in total. The molecule has 0 aliphatic heterocycles.